The standard InChI is InChI=1S/C9H11BFNO3/c1-5-7(10(14)15)3-6(4-8(5)11)9(13)12-2/h3-4,14-15H,1-2H3,(H,12,13). The van der Waals surface area contributed by atoms with Gasteiger partial charge in [0.2, 0.25) is 0 Å². The van der Waals surface area contributed by atoms with Gasteiger partial charge in [-0.1, -0.05) is 0 Å². The Kier molecular flexibility index (Phi) is 3.44. The SMILES string of the molecule is CNC(=O)c1cc(F)c(C)c(B(O)O)c1. The Balaban J connectivity index is 3.29. The second kappa shape index (κ2) is 4.42. The number of carbonyl (C=O) groups is 1. The lowest BCUT2D eigenvalue weighted by atomic mass is 9.76. The largest absolute Gasteiger partial charge is 0.488 e. The Morgan fingerprint density at radius 3 is 2.53 bits per heavy atom. The normalized spacial score (nSPS) is 9.93. The van der Waals surface area contributed by atoms with Crippen LogP contribution in [0.5, 0.6) is 0 Å². The Bertz CT molecular complexity index is 395. The first-order valence-electron chi connectivity index (χ1n) is 4.35. The molecule has 15 heavy (non-hydrogen) atoms. The molecule has 0 aliphatic heterocycles. The van der Waals surface area contributed by atoms with E-state index in [9.17, 15) is 9.18 Å². The van der Waals surface area contributed by atoms with Crippen LogP contribution in [0.2, 0.25) is 0 Å². The Morgan fingerprint density at radius 1 is 1.47 bits per heavy atom. The summed E-state index contributed by atoms with van der Waals surface area (Å²) in [6.07, 6.45) is 0. The van der Waals surface area contributed by atoms with Gasteiger partial charge in [0.05, 0.1) is 0 Å². The van der Waals surface area contributed by atoms with Crippen molar-refractivity contribution in [2.45, 2.75) is 6.92 Å². The zero-order chi connectivity index (χ0) is 11.6. The zero-order valence-corrected chi connectivity index (χ0v) is 8.41. The summed E-state index contributed by atoms with van der Waals surface area (Å²) in [5, 5.41) is 20.3. The maximum absolute atomic E-state index is 13.3. The van der Waals surface area contributed by atoms with E-state index >= 15 is 0 Å². The zero-order valence-electron chi connectivity index (χ0n) is 8.41. The van der Waals surface area contributed by atoms with Crippen LogP contribution in [0, 0.1) is 12.7 Å². The van der Waals surface area contributed by atoms with Crippen molar-refractivity contribution < 1.29 is 19.2 Å². The highest BCUT2D eigenvalue weighted by Crippen LogP contribution is 2.07. The lowest BCUT2D eigenvalue weighted by Gasteiger charge is -2.08. The monoisotopic (exact) mass is 211 g/mol. The van der Waals surface area contributed by atoms with Crippen LogP contribution in [-0.2, 0) is 0 Å². The smallest absolute Gasteiger partial charge is 0.423 e. The van der Waals surface area contributed by atoms with Gasteiger partial charge in [-0.25, -0.2) is 4.39 Å². The molecule has 6 heteroatoms. The summed E-state index contributed by atoms with van der Waals surface area (Å²) in [5.41, 5.74) is 0.176. The fraction of sp³-hybridized carbons (Fsp3) is 0.222. The van der Waals surface area contributed by atoms with E-state index in [0.29, 0.717) is 0 Å². The van der Waals surface area contributed by atoms with Crippen molar-refractivity contribution in [2.24, 2.45) is 0 Å². The number of hydrogen-bond donors (Lipinski definition) is 3. The summed E-state index contributed by atoms with van der Waals surface area (Å²) in [5.74, 6) is -1.12. The highest BCUT2D eigenvalue weighted by Gasteiger charge is 2.19. The van der Waals surface area contributed by atoms with Gasteiger partial charge in [0.25, 0.3) is 5.91 Å². The third-order valence-corrected chi connectivity index (χ3v) is 2.15. The molecule has 4 nitrogen and oxygen atoms in total. The lowest BCUT2D eigenvalue weighted by Crippen LogP contribution is -2.34. The van der Waals surface area contributed by atoms with Crippen LogP contribution in [0.1, 0.15) is 15.9 Å². The number of amides is 1. The van der Waals surface area contributed by atoms with Gasteiger partial charge >= 0.3 is 7.12 Å². The molecule has 0 aromatic heterocycles. The van der Waals surface area contributed by atoms with E-state index in [2.05, 4.69) is 5.32 Å². The predicted molar refractivity (Wildman–Crippen MR) is 54.4 cm³/mol. The van der Waals surface area contributed by atoms with Crippen LogP contribution in [0.4, 0.5) is 4.39 Å². The van der Waals surface area contributed by atoms with Crippen LogP contribution in [0.15, 0.2) is 12.1 Å². The van der Waals surface area contributed by atoms with E-state index in [1.165, 1.54) is 20.0 Å². The minimum absolute atomic E-state index is 0.00593. The average molecular weight is 211 g/mol. The van der Waals surface area contributed by atoms with Crippen LogP contribution in [0.3, 0.4) is 0 Å². The van der Waals surface area contributed by atoms with Crippen molar-refractivity contribution in [3.63, 3.8) is 0 Å². The Morgan fingerprint density at radius 2 is 2.07 bits per heavy atom. The first kappa shape index (κ1) is 11.7. The van der Waals surface area contributed by atoms with E-state index in [-0.39, 0.29) is 16.6 Å². The molecule has 3 N–H and O–H groups in total. The van der Waals surface area contributed by atoms with Crippen molar-refractivity contribution in [1.29, 1.82) is 0 Å². The second-order valence-electron chi connectivity index (χ2n) is 3.13. The fourth-order valence-corrected chi connectivity index (χ4v) is 1.24. The average Bonchev–Trinajstić information content (AvgIpc) is 2.20. The van der Waals surface area contributed by atoms with Gasteiger partial charge < -0.3 is 15.4 Å². The minimum Gasteiger partial charge on any atom is -0.423 e. The van der Waals surface area contributed by atoms with Crippen molar-refractivity contribution in [1.82, 2.24) is 5.32 Å². The summed E-state index contributed by atoms with van der Waals surface area (Å²) < 4.78 is 13.3. The molecule has 0 fully saturated rings. The molecule has 0 bridgehead atoms. The van der Waals surface area contributed by atoms with Gasteiger partial charge in [-0.2, -0.15) is 0 Å². The molecule has 1 aromatic carbocycles. The van der Waals surface area contributed by atoms with Crippen molar-refractivity contribution in [2.75, 3.05) is 7.05 Å². The highest BCUT2D eigenvalue weighted by atomic mass is 19.1. The van der Waals surface area contributed by atoms with E-state index in [1.807, 2.05) is 0 Å². The first-order chi connectivity index (χ1) is 6.97. The molecule has 0 radical (unpaired) electrons. The third-order valence-electron chi connectivity index (χ3n) is 2.15. The first-order valence-corrected chi connectivity index (χ1v) is 4.35. The van der Waals surface area contributed by atoms with Crippen molar-refractivity contribution in [3.05, 3.63) is 29.1 Å². The molecule has 80 valence electrons. The second-order valence-corrected chi connectivity index (χ2v) is 3.13. The summed E-state index contributed by atoms with van der Waals surface area (Å²) in [6, 6.07) is 2.31. The summed E-state index contributed by atoms with van der Waals surface area (Å²) in [4.78, 5) is 11.2. The van der Waals surface area contributed by atoms with Gasteiger partial charge in [0, 0.05) is 12.6 Å². The maximum atomic E-state index is 13.3. The third kappa shape index (κ3) is 2.34. The van der Waals surface area contributed by atoms with Crippen molar-refractivity contribution in [3.8, 4) is 0 Å². The number of halogens is 1. The number of carbonyl (C=O) groups excluding carboxylic acids is 1. The molecule has 0 aliphatic rings. The highest BCUT2D eigenvalue weighted by molar-refractivity contribution is 6.59. The molecule has 0 heterocycles. The Hall–Kier alpha value is -1.40. The van der Waals surface area contributed by atoms with E-state index in [1.54, 1.807) is 0 Å². The molecular weight excluding hydrogens is 200 g/mol. The molecule has 1 aromatic rings. The van der Waals surface area contributed by atoms with Crippen molar-refractivity contribution >= 4 is 18.5 Å². The van der Waals surface area contributed by atoms with Gasteiger partial charge in [0.15, 0.2) is 0 Å². The van der Waals surface area contributed by atoms with E-state index < -0.39 is 18.8 Å². The predicted octanol–water partition coefficient (Wildman–Crippen LogP) is -0.826. The molecule has 0 saturated carbocycles. The molecule has 0 atom stereocenters. The maximum Gasteiger partial charge on any atom is 0.488 e. The van der Waals surface area contributed by atoms with E-state index in [4.69, 9.17) is 10.0 Å². The number of nitrogens with one attached hydrogen (secondary N) is 1. The number of hydrogen-bond acceptors (Lipinski definition) is 3. The minimum atomic E-state index is -1.79. The van der Waals surface area contributed by atoms with Gasteiger partial charge in [-0.3, -0.25) is 4.79 Å². The number of rotatable bonds is 2. The molecule has 0 spiro atoms. The summed E-state index contributed by atoms with van der Waals surface area (Å²) >= 11 is 0. The van der Waals surface area contributed by atoms with Crippen LogP contribution in [-0.4, -0.2) is 30.1 Å². The van der Waals surface area contributed by atoms with E-state index in [0.717, 1.165) is 6.07 Å². The molecule has 1 amide bonds. The van der Waals surface area contributed by atoms with Crippen LogP contribution >= 0.6 is 0 Å². The van der Waals surface area contributed by atoms with Gasteiger partial charge in [-0.15, -0.1) is 0 Å². The number of benzene rings is 1. The van der Waals surface area contributed by atoms with Crippen LogP contribution in [0.25, 0.3) is 0 Å². The Labute approximate surface area is 86.9 Å². The van der Waals surface area contributed by atoms with Crippen LogP contribution < -0.4 is 10.8 Å². The van der Waals surface area contributed by atoms with Gasteiger partial charge in [0.1, 0.15) is 5.82 Å². The lowest BCUT2D eigenvalue weighted by molar-refractivity contribution is 0.0962. The molecule has 0 unspecified atom stereocenters. The molecule has 0 aliphatic carbocycles. The molecule has 1 rings (SSSR count). The molecular formula is C9H11BFNO3. The topological polar surface area (TPSA) is 69.6 Å². The summed E-state index contributed by atoms with van der Waals surface area (Å²) in [6.45, 7) is 1.41. The quantitative estimate of drug-likeness (QED) is 0.559. The molecule has 0 saturated heterocycles. The summed E-state index contributed by atoms with van der Waals surface area (Å²) in [7, 11) is -0.376. The van der Waals surface area contributed by atoms with Gasteiger partial charge in [-0.05, 0) is 30.1 Å². The fourth-order valence-electron chi connectivity index (χ4n) is 1.24.